The fraction of sp³-hybridized carbons (Fsp3) is 0.410. The predicted octanol–water partition coefficient (Wildman–Crippen LogP) is 5.95. The molecule has 0 aromatic heterocycles. The minimum Gasteiger partial charge on any atom is -0.501 e. The first-order valence-corrected chi connectivity index (χ1v) is 16.7. The molecule has 0 bridgehead atoms. The summed E-state index contributed by atoms with van der Waals surface area (Å²) in [6, 6.07) is 30.5. The van der Waals surface area contributed by atoms with E-state index in [4.69, 9.17) is 4.74 Å². The molecule has 1 fully saturated rings. The number of methoxy groups -OCH3 is 1. The SMILES string of the molecule is COC1=C2CCN(C(=O)Cc3ccc(N(CCc4ccccc4)CCc4ccccc4)cc3)C=C2C(N2CCN(C)CC2)CC1. The summed E-state index contributed by atoms with van der Waals surface area (Å²) >= 11 is 0. The molecule has 1 saturated heterocycles. The standard InChI is InChI=1S/C39H48N4O2/c1-40-25-27-42(28-26-40)37-17-18-38(45-2)35-21-24-43(30-36(35)37)39(44)29-33-13-15-34(16-14-33)41(22-19-31-9-5-3-6-10-31)23-20-32-11-7-4-8-12-32/h3-16,30,37H,17-29H2,1-2H3. The fourth-order valence-electron chi connectivity index (χ4n) is 7.07. The van der Waals surface area contributed by atoms with Gasteiger partial charge in [0.2, 0.25) is 5.91 Å². The molecule has 6 rings (SSSR count). The molecule has 1 aliphatic carbocycles. The molecule has 45 heavy (non-hydrogen) atoms. The Morgan fingerprint density at radius 3 is 2.00 bits per heavy atom. The van der Waals surface area contributed by atoms with Crippen LogP contribution in [0, 0.1) is 0 Å². The van der Waals surface area contributed by atoms with Crippen molar-refractivity contribution in [2.24, 2.45) is 0 Å². The van der Waals surface area contributed by atoms with E-state index in [1.165, 1.54) is 28.0 Å². The number of rotatable bonds is 11. The summed E-state index contributed by atoms with van der Waals surface area (Å²) in [4.78, 5) is 23.1. The Hall–Kier alpha value is -3.87. The average Bonchev–Trinajstić information content (AvgIpc) is 3.09. The molecule has 0 spiro atoms. The van der Waals surface area contributed by atoms with Gasteiger partial charge in [0.15, 0.2) is 0 Å². The van der Waals surface area contributed by atoms with Crippen LogP contribution in [0.5, 0.6) is 0 Å². The van der Waals surface area contributed by atoms with Crippen molar-refractivity contribution in [1.82, 2.24) is 14.7 Å². The molecule has 2 aliphatic heterocycles. The highest BCUT2D eigenvalue weighted by molar-refractivity contribution is 5.80. The highest BCUT2D eigenvalue weighted by Gasteiger charge is 2.35. The Kier molecular flexibility index (Phi) is 10.3. The van der Waals surface area contributed by atoms with E-state index >= 15 is 0 Å². The van der Waals surface area contributed by atoms with Gasteiger partial charge in [-0.15, -0.1) is 0 Å². The second-order valence-electron chi connectivity index (χ2n) is 12.7. The summed E-state index contributed by atoms with van der Waals surface area (Å²) in [5.74, 6) is 1.28. The van der Waals surface area contributed by atoms with Crippen LogP contribution in [-0.4, -0.2) is 86.6 Å². The number of fused-ring (bicyclic) bond motifs is 1. The van der Waals surface area contributed by atoms with E-state index in [1.54, 1.807) is 7.11 Å². The van der Waals surface area contributed by atoms with Crippen molar-refractivity contribution >= 4 is 11.6 Å². The minimum atomic E-state index is 0.168. The van der Waals surface area contributed by atoms with E-state index in [1.807, 2.05) is 4.90 Å². The highest BCUT2D eigenvalue weighted by atomic mass is 16.5. The maximum Gasteiger partial charge on any atom is 0.230 e. The molecule has 0 N–H and O–H groups in total. The molecule has 3 aliphatic rings. The number of carbonyl (C=O) groups is 1. The summed E-state index contributed by atoms with van der Waals surface area (Å²) in [5, 5.41) is 0. The van der Waals surface area contributed by atoms with Crippen molar-refractivity contribution in [3.63, 3.8) is 0 Å². The first-order valence-electron chi connectivity index (χ1n) is 16.7. The lowest BCUT2D eigenvalue weighted by atomic mass is 9.83. The number of nitrogens with zero attached hydrogens (tertiary/aromatic N) is 4. The number of allylic oxidation sites excluding steroid dienone is 1. The molecular formula is C39H48N4O2. The highest BCUT2D eigenvalue weighted by Crippen LogP contribution is 2.38. The van der Waals surface area contributed by atoms with Crippen LogP contribution in [-0.2, 0) is 28.8 Å². The second kappa shape index (κ2) is 14.9. The molecule has 0 radical (unpaired) electrons. The van der Waals surface area contributed by atoms with Crippen LogP contribution in [0.4, 0.5) is 5.69 Å². The Morgan fingerprint density at radius 2 is 1.40 bits per heavy atom. The molecule has 1 amide bonds. The fourth-order valence-corrected chi connectivity index (χ4v) is 7.07. The maximum absolute atomic E-state index is 13.7. The van der Waals surface area contributed by atoms with E-state index in [9.17, 15) is 4.79 Å². The van der Waals surface area contributed by atoms with Crippen molar-refractivity contribution in [3.8, 4) is 0 Å². The van der Waals surface area contributed by atoms with Crippen LogP contribution in [0.1, 0.15) is 36.0 Å². The number of likely N-dealkylation sites (N-methyl/N-ethyl adjacent to an activating group) is 1. The van der Waals surface area contributed by atoms with E-state index in [2.05, 4.69) is 113 Å². The molecule has 3 aromatic rings. The number of ether oxygens (including phenoxy) is 1. The first-order chi connectivity index (χ1) is 22.1. The van der Waals surface area contributed by atoms with Gasteiger partial charge in [0.1, 0.15) is 0 Å². The van der Waals surface area contributed by atoms with Gasteiger partial charge in [0, 0.05) is 70.2 Å². The molecular weight excluding hydrogens is 556 g/mol. The number of hydrogen-bond donors (Lipinski definition) is 0. The second-order valence-corrected chi connectivity index (χ2v) is 12.7. The number of anilines is 1. The lowest BCUT2D eigenvalue weighted by molar-refractivity contribution is -0.128. The van der Waals surface area contributed by atoms with Crippen molar-refractivity contribution < 1.29 is 9.53 Å². The number of benzene rings is 3. The minimum absolute atomic E-state index is 0.168. The van der Waals surface area contributed by atoms with Crippen molar-refractivity contribution in [1.29, 1.82) is 0 Å². The third-order valence-electron chi connectivity index (χ3n) is 9.82. The van der Waals surface area contributed by atoms with E-state index < -0.39 is 0 Å². The van der Waals surface area contributed by atoms with Gasteiger partial charge in [0.25, 0.3) is 0 Å². The molecule has 2 heterocycles. The van der Waals surface area contributed by atoms with Gasteiger partial charge in [-0.2, -0.15) is 0 Å². The zero-order chi connectivity index (χ0) is 31.0. The third kappa shape index (κ3) is 7.86. The lowest BCUT2D eigenvalue weighted by Gasteiger charge is -2.43. The Morgan fingerprint density at radius 1 is 0.778 bits per heavy atom. The quantitative estimate of drug-likeness (QED) is 0.271. The average molecular weight is 605 g/mol. The summed E-state index contributed by atoms with van der Waals surface area (Å²) < 4.78 is 5.82. The van der Waals surface area contributed by atoms with Crippen molar-refractivity contribution in [2.45, 2.75) is 44.6 Å². The Labute approximate surface area is 269 Å². The van der Waals surface area contributed by atoms with E-state index in [0.29, 0.717) is 19.0 Å². The van der Waals surface area contributed by atoms with Crippen LogP contribution < -0.4 is 4.90 Å². The zero-order valence-corrected chi connectivity index (χ0v) is 27.0. The molecule has 0 saturated carbocycles. The Balaban J connectivity index is 1.13. The van der Waals surface area contributed by atoms with Crippen LogP contribution in [0.3, 0.4) is 0 Å². The summed E-state index contributed by atoms with van der Waals surface area (Å²) in [6.45, 7) is 6.94. The predicted molar refractivity (Wildman–Crippen MR) is 183 cm³/mol. The third-order valence-corrected chi connectivity index (χ3v) is 9.82. The summed E-state index contributed by atoms with van der Waals surface area (Å²) in [6.07, 6.45) is 7.46. The molecule has 6 heteroatoms. The number of hydrogen-bond acceptors (Lipinski definition) is 5. The van der Waals surface area contributed by atoms with Gasteiger partial charge in [-0.1, -0.05) is 72.8 Å². The molecule has 236 valence electrons. The normalized spacial score (nSPS) is 19.2. The van der Waals surface area contributed by atoms with Crippen LogP contribution in [0.15, 0.2) is 108 Å². The largest absolute Gasteiger partial charge is 0.501 e. The number of amides is 1. The van der Waals surface area contributed by atoms with Crippen LogP contribution in [0.25, 0.3) is 0 Å². The van der Waals surface area contributed by atoms with Gasteiger partial charge in [-0.3, -0.25) is 9.69 Å². The molecule has 3 aromatic carbocycles. The van der Waals surface area contributed by atoms with E-state index in [-0.39, 0.29) is 5.91 Å². The number of piperazine rings is 1. The first kappa shape index (κ1) is 31.1. The topological polar surface area (TPSA) is 39.3 Å². The Bertz CT molecular complexity index is 1420. The van der Waals surface area contributed by atoms with Gasteiger partial charge >= 0.3 is 0 Å². The molecule has 1 unspecified atom stereocenters. The van der Waals surface area contributed by atoms with Crippen LogP contribution >= 0.6 is 0 Å². The summed E-state index contributed by atoms with van der Waals surface area (Å²) in [7, 11) is 3.99. The summed E-state index contributed by atoms with van der Waals surface area (Å²) in [5.41, 5.74) is 7.59. The lowest BCUT2D eigenvalue weighted by Crippen LogP contribution is -2.51. The molecule has 1 atom stereocenters. The van der Waals surface area contributed by atoms with Gasteiger partial charge < -0.3 is 19.4 Å². The van der Waals surface area contributed by atoms with Gasteiger partial charge in [-0.25, -0.2) is 0 Å². The van der Waals surface area contributed by atoms with Crippen molar-refractivity contribution in [2.75, 3.05) is 64.9 Å². The smallest absolute Gasteiger partial charge is 0.230 e. The van der Waals surface area contributed by atoms with Gasteiger partial charge in [0.05, 0.1) is 19.3 Å². The zero-order valence-electron chi connectivity index (χ0n) is 27.0. The van der Waals surface area contributed by atoms with Crippen LogP contribution in [0.2, 0.25) is 0 Å². The monoisotopic (exact) mass is 604 g/mol. The molecule has 6 nitrogen and oxygen atoms in total. The van der Waals surface area contributed by atoms with Crippen molar-refractivity contribution in [3.05, 3.63) is 125 Å². The maximum atomic E-state index is 13.7. The number of carbonyl (C=O) groups excluding carboxylic acids is 1. The van der Waals surface area contributed by atoms with E-state index in [0.717, 1.165) is 82.7 Å². The van der Waals surface area contributed by atoms with Gasteiger partial charge in [-0.05, 0) is 72.7 Å².